The van der Waals surface area contributed by atoms with Crippen LogP contribution in [0.2, 0.25) is 0 Å². The molecule has 4 rings (SSSR count). The Morgan fingerprint density at radius 2 is 1.83 bits per heavy atom. The van der Waals surface area contributed by atoms with Gasteiger partial charge in [0, 0.05) is 6.54 Å². The van der Waals surface area contributed by atoms with Gasteiger partial charge in [-0.3, -0.25) is 0 Å². The second-order valence-corrected chi connectivity index (χ2v) is 6.25. The van der Waals surface area contributed by atoms with Crippen molar-refractivity contribution >= 4 is 0 Å². The van der Waals surface area contributed by atoms with Crippen LogP contribution in [0.1, 0.15) is 36.1 Å². The lowest BCUT2D eigenvalue weighted by atomic mass is 9.89. The van der Waals surface area contributed by atoms with Gasteiger partial charge < -0.3 is 19.5 Å². The molecular weight excluding hydrogens is 302 g/mol. The third kappa shape index (κ3) is 2.94. The lowest BCUT2D eigenvalue weighted by Gasteiger charge is -2.30. The molecule has 2 aromatic carbocycles. The fourth-order valence-electron chi connectivity index (χ4n) is 3.37. The molecule has 2 aliphatic heterocycles. The third-order valence-electron chi connectivity index (χ3n) is 4.54. The molecule has 1 atom stereocenters. The molecule has 0 spiro atoms. The Kier molecular flexibility index (Phi) is 4.30. The van der Waals surface area contributed by atoms with Crippen LogP contribution in [-0.2, 0) is 6.42 Å². The Morgan fingerprint density at radius 1 is 1.08 bits per heavy atom. The summed E-state index contributed by atoms with van der Waals surface area (Å²) in [4.78, 5) is 0. The molecule has 0 bridgehead atoms. The first-order valence-electron chi connectivity index (χ1n) is 8.73. The SMILES string of the molecule is CCCOc1ccc(C2NCCc3cc4c(cc32)OCCO4)cc1. The second kappa shape index (κ2) is 6.73. The molecule has 0 saturated carbocycles. The molecule has 126 valence electrons. The predicted molar refractivity (Wildman–Crippen MR) is 93.2 cm³/mol. The van der Waals surface area contributed by atoms with Crippen molar-refractivity contribution in [3.63, 3.8) is 0 Å². The molecule has 0 amide bonds. The van der Waals surface area contributed by atoms with Crippen molar-refractivity contribution in [2.24, 2.45) is 0 Å². The minimum absolute atomic E-state index is 0.185. The van der Waals surface area contributed by atoms with E-state index in [9.17, 15) is 0 Å². The minimum Gasteiger partial charge on any atom is -0.494 e. The Hall–Kier alpha value is -2.20. The van der Waals surface area contributed by atoms with Crippen molar-refractivity contribution in [2.45, 2.75) is 25.8 Å². The van der Waals surface area contributed by atoms with Gasteiger partial charge in [0.05, 0.1) is 12.6 Å². The highest BCUT2D eigenvalue weighted by Crippen LogP contribution is 2.39. The highest BCUT2D eigenvalue weighted by Gasteiger charge is 2.25. The fourth-order valence-corrected chi connectivity index (χ4v) is 3.37. The van der Waals surface area contributed by atoms with E-state index in [1.54, 1.807) is 0 Å². The number of nitrogens with one attached hydrogen (secondary N) is 1. The molecule has 0 fully saturated rings. The molecule has 2 aromatic rings. The van der Waals surface area contributed by atoms with E-state index >= 15 is 0 Å². The van der Waals surface area contributed by atoms with Crippen LogP contribution in [-0.4, -0.2) is 26.4 Å². The summed E-state index contributed by atoms with van der Waals surface area (Å²) in [5.74, 6) is 2.67. The number of rotatable bonds is 4. The van der Waals surface area contributed by atoms with E-state index in [0.29, 0.717) is 13.2 Å². The van der Waals surface area contributed by atoms with E-state index in [-0.39, 0.29) is 6.04 Å². The summed E-state index contributed by atoms with van der Waals surface area (Å²) < 4.78 is 17.2. The Morgan fingerprint density at radius 3 is 2.58 bits per heavy atom. The summed E-state index contributed by atoms with van der Waals surface area (Å²) >= 11 is 0. The van der Waals surface area contributed by atoms with Crippen molar-refractivity contribution in [3.8, 4) is 17.2 Å². The maximum atomic E-state index is 5.76. The van der Waals surface area contributed by atoms with Crippen LogP contribution in [0.25, 0.3) is 0 Å². The van der Waals surface area contributed by atoms with Gasteiger partial charge in [-0.25, -0.2) is 0 Å². The summed E-state index contributed by atoms with van der Waals surface area (Å²) in [6.07, 6.45) is 2.03. The monoisotopic (exact) mass is 325 g/mol. The van der Waals surface area contributed by atoms with Gasteiger partial charge in [-0.15, -0.1) is 0 Å². The zero-order valence-corrected chi connectivity index (χ0v) is 14.0. The number of hydrogen-bond acceptors (Lipinski definition) is 4. The molecular formula is C20H23NO3. The topological polar surface area (TPSA) is 39.7 Å². The number of benzene rings is 2. The van der Waals surface area contributed by atoms with Crippen LogP contribution < -0.4 is 19.5 Å². The molecule has 0 aliphatic carbocycles. The molecule has 1 N–H and O–H groups in total. The quantitative estimate of drug-likeness (QED) is 0.934. The second-order valence-electron chi connectivity index (χ2n) is 6.25. The van der Waals surface area contributed by atoms with Gasteiger partial charge in [-0.1, -0.05) is 19.1 Å². The Balaban J connectivity index is 1.63. The zero-order valence-electron chi connectivity index (χ0n) is 14.0. The summed E-state index contributed by atoms with van der Waals surface area (Å²) in [6.45, 7) is 5.09. The molecule has 2 heterocycles. The average molecular weight is 325 g/mol. The van der Waals surface area contributed by atoms with E-state index in [0.717, 1.165) is 43.2 Å². The van der Waals surface area contributed by atoms with E-state index in [1.165, 1.54) is 16.7 Å². The molecule has 24 heavy (non-hydrogen) atoms. The van der Waals surface area contributed by atoms with Crippen LogP contribution >= 0.6 is 0 Å². The molecule has 2 aliphatic rings. The third-order valence-corrected chi connectivity index (χ3v) is 4.54. The van der Waals surface area contributed by atoms with Gasteiger partial charge in [0.25, 0.3) is 0 Å². The number of ether oxygens (including phenoxy) is 3. The number of hydrogen-bond donors (Lipinski definition) is 1. The van der Waals surface area contributed by atoms with Gasteiger partial charge in [-0.05, 0) is 53.8 Å². The normalized spacial score (nSPS) is 18.8. The van der Waals surface area contributed by atoms with Gasteiger partial charge in [0.2, 0.25) is 0 Å². The molecule has 0 aromatic heterocycles. The first-order valence-corrected chi connectivity index (χ1v) is 8.73. The van der Waals surface area contributed by atoms with Crippen molar-refractivity contribution in [3.05, 3.63) is 53.1 Å². The average Bonchev–Trinajstić information content (AvgIpc) is 2.64. The van der Waals surface area contributed by atoms with Crippen LogP contribution in [0.3, 0.4) is 0 Å². The minimum atomic E-state index is 0.185. The van der Waals surface area contributed by atoms with E-state index in [1.807, 2.05) is 0 Å². The summed E-state index contributed by atoms with van der Waals surface area (Å²) in [5.41, 5.74) is 3.87. The van der Waals surface area contributed by atoms with Gasteiger partial charge in [0.1, 0.15) is 19.0 Å². The zero-order chi connectivity index (χ0) is 16.4. The van der Waals surface area contributed by atoms with Crippen LogP contribution in [0.4, 0.5) is 0 Å². The van der Waals surface area contributed by atoms with E-state index < -0.39 is 0 Å². The molecule has 1 unspecified atom stereocenters. The molecule has 0 radical (unpaired) electrons. The highest BCUT2D eigenvalue weighted by molar-refractivity contribution is 5.52. The first kappa shape index (κ1) is 15.3. The largest absolute Gasteiger partial charge is 0.494 e. The smallest absolute Gasteiger partial charge is 0.161 e. The molecule has 0 saturated heterocycles. The maximum Gasteiger partial charge on any atom is 0.161 e. The fraction of sp³-hybridized carbons (Fsp3) is 0.400. The Bertz CT molecular complexity index is 712. The van der Waals surface area contributed by atoms with Gasteiger partial charge in [-0.2, -0.15) is 0 Å². The lowest BCUT2D eigenvalue weighted by Crippen LogP contribution is -2.31. The summed E-state index contributed by atoms with van der Waals surface area (Å²) in [5, 5.41) is 3.62. The van der Waals surface area contributed by atoms with Gasteiger partial charge >= 0.3 is 0 Å². The Labute approximate surface area is 142 Å². The van der Waals surface area contributed by atoms with Crippen molar-refractivity contribution < 1.29 is 14.2 Å². The van der Waals surface area contributed by atoms with Crippen molar-refractivity contribution in [1.82, 2.24) is 5.32 Å². The summed E-state index contributed by atoms with van der Waals surface area (Å²) in [7, 11) is 0. The standard InChI is InChI=1S/C20H23NO3/c1-2-9-22-16-5-3-14(4-6-16)20-17-13-19-18(23-10-11-24-19)12-15(17)7-8-21-20/h3-6,12-13,20-21H,2,7-11H2,1H3. The maximum absolute atomic E-state index is 5.76. The van der Waals surface area contributed by atoms with Crippen molar-refractivity contribution in [2.75, 3.05) is 26.4 Å². The van der Waals surface area contributed by atoms with Crippen LogP contribution in [0.5, 0.6) is 17.2 Å². The highest BCUT2D eigenvalue weighted by atomic mass is 16.6. The van der Waals surface area contributed by atoms with Gasteiger partial charge in [0.15, 0.2) is 11.5 Å². The molecule has 4 heteroatoms. The van der Waals surface area contributed by atoms with Crippen molar-refractivity contribution in [1.29, 1.82) is 0 Å². The first-order chi connectivity index (χ1) is 11.8. The summed E-state index contributed by atoms with van der Waals surface area (Å²) in [6, 6.07) is 12.9. The van der Waals surface area contributed by atoms with E-state index in [4.69, 9.17) is 14.2 Å². The lowest BCUT2D eigenvalue weighted by molar-refractivity contribution is 0.171. The van der Waals surface area contributed by atoms with Crippen LogP contribution in [0.15, 0.2) is 36.4 Å². The number of fused-ring (bicyclic) bond motifs is 2. The van der Waals surface area contributed by atoms with E-state index in [2.05, 4.69) is 48.6 Å². The predicted octanol–water partition coefficient (Wildman–Crippen LogP) is 3.48. The van der Waals surface area contributed by atoms with Crippen LogP contribution in [0, 0.1) is 0 Å². The molecule has 4 nitrogen and oxygen atoms in total.